The average molecular weight is 297 g/mol. The van der Waals surface area contributed by atoms with Crippen molar-refractivity contribution < 1.29 is 14.6 Å². The van der Waals surface area contributed by atoms with Crippen LogP contribution < -0.4 is 4.74 Å². The molecule has 5 heteroatoms. The Kier molecular flexibility index (Phi) is 3.98. The van der Waals surface area contributed by atoms with E-state index < -0.39 is 5.97 Å². The quantitative estimate of drug-likeness (QED) is 0.885. The van der Waals surface area contributed by atoms with Gasteiger partial charge in [-0.1, -0.05) is 40.9 Å². The lowest BCUT2D eigenvalue weighted by Crippen LogP contribution is -2.00. The van der Waals surface area contributed by atoms with Gasteiger partial charge in [0.15, 0.2) is 0 Å². The lowest BCUT2D eigenvalue weighted by molar-refractivity contribution is 0.0694. The van der Waals surface area contributed by atoms with Crippen molar-refractivity contribution in [3.63, 3.8) is 0 Å². The number of halogens is 2. The number of hydrogen-bond donors (Lipinski definition) is 1. The molecule has 1 N–H and O–H groups in total. The summed E-state index contributed by atoms with van der Waals surface area (Å²) < 4.78 is 5.54. The Morgan fingerprint density at radius 3 is 2.58 bits per heavy atom. The molecule has 0 spiro atoms. The van der Waals surface area contributed by atoms with E-state index in [9.17, 15) is 4.79 Å². The topological polar surface area (TPSA) is 46.5 Å². The summed E-state index contributed by atoms with van der Waals surface area (Å²) in [5.74, 6) is -0.514. The van der Waals surface area contributed by atoms with Gasteiger partial charge >= 0.3 is 5.97 Å². The summed E-state index contributed by atoms with van der Waals surface area (Å²) >= 11 is 11.9. The van der Waals surface area contributed by atoms with Crippen molar-refractivity contribution in [1.29, 1.82) is 0 Å². The molecule has 3 nitrogen and oxygen atoms in total. The first kappa shape index (κ1) is 13.7. The van der Waals surface area contributed by atoms with E-state index in [1.165, 1.54) is 6.07 Å². The molecule has 0 aliphatic heterocycles. The molecular formula is C14H10Cl2O3. The maximum atomic E-state index is 11.2. The van der Waals surface area contributed by atoms with Crippen molar-refractivity contribution in [2.75, 3.05) is 0 Å². The Hall–Kier alpha value is -1.71. The number of carbonyl (C=O) groups is 1. The lowest BCUT2D eigenvalue weighted by Gasteiger charge is -2.11. The van der Waals surface area contributed by atoms with E-state index in [0.717, 1.165) is 5.56 Å². The summed E-state index contributed by atoms with van der Waals surface area (Å²) in [7, 11) is 0. The first-order chi connectivity index (χ1) is 8.99. The highest BCUT2D eigenvalue weighted by Gasteiger charge is 2.14. The highest BCUT2D eigenvalue weighted by molar-refractivity contribution is 6.42. The van der Waals surface area contributed by atoms with E-state index in [-0.39, 0.29) is 16.3 Å². The molecule has 0 radical (unpaired) electrons. The second kappa shape index (κ2) is 5.51. The average Bonchev–Trinajstić information content (AvgIpc) is 2.36. The molecule has 0 aliphatic carbocycles. The Morgan fingerprint density at radius 1 is 1.16 bits per heavy atom. The Morgan fingerprint density at radius 2 is 1.89 bits per heavy atom. The smallest absolute Gasteiger partial charge is 0.339 e. The molecule has 0 atom stereocenters. The summed E-state index contributed by atoms with van der Waals surface area (Å²) in [6, 6.07) is 9.83. The van der Waals surface area contributed by atoms with Gasteiger partial charge in [0.25, 0.3) is 0 Å². The maximum absolute atomic E-state index is 11.2. The standard InChI is InChI=1S/C14H10Cl2O3/c1-8-5-6-11(9(7-8)14(17)18)19-12-4-2-3-10(15)13(12)16/h2-7H,1H3,(H,17,18). The van der Waals surface area contributed by atoms with Gasteiger partial charge < -0.3 is 9.84 Å². The Bertz CT molecular complexity index is 639. The first-order valence-corrected chi connectivity index (χ1v) is 6.20. The number of hydrogen-bond acceptors (Lipinski definition) is 2. The van der Waals surface area contributed by atoms with Crippen LogP contribution >= 0.6 is 23.2 Å². The van der Waals surface area contributed by atoms with Gasteiger partial charge in [-0.15, -0.1) is 0 Å². The van der Waals surface area contributed by atoms with Crippen molar-refractivity contribution in [1.82, 2.24) is 0 Å². The lowest BCUT2D eigenvalue weighted by atomic mass is 10.1. The van der Waals surface area contributed by atoms with E-state index in [0.29, 0.717) is 10.8 Å². The second-order valence-corrected chi connectivity index (χ2v) is 4.74. The number of aryl methyl sites for hydroxylation is 1. The van der Waals surface area contributed by atoms with Crippen molar-refractivity contribution in [3.05, 3.63) is 57.6 Å². The zero-order chi connectivity index (χ0) is 14.0. The first-order valence-electron chi connectivity index (χ1n) is 5.45. The summed E-state index contributed by atoms with van der Waals surface area (Å²) in [5.41, 5.74) is 0.915. The van der Waals surface area contributed by atoms with Gasteiger partial charge in [0, 0.05) is 0 Å². The van der Waals surface area contributed by atoms with Crippen LogP contribution in [0.3, 0.4) is 0 Å². The van der Waals surface area contributed by atoms with E-state index in [2.05, 4.69) is 0 Å². The fourth-order valence-electron chi connectivity index (χ4n) is 1.58. The summed E-state index contributed by atoms with van der Waals surface area (Å²) in [5, 5.41) is 9.75. The minimum atomic E-state index is -1.06. The molecule has 98 valence electrons. The Balaban J connectivity index is 2.44. The molecule has 0 heterocycles. The third-order valence-corrected chi connectivity index (χ3v) is 3.30. The molecule has 0 amide bonds. The van der Waals surface area contributed by atoms with Crippen LogP contribution in [-0.4, -0.2) is 11.1 Å². The molecule has 0 saturated carbocycles. The minimum absolute atomic E-state index is 0.0797. The predicted octanol–water partition coefficient (Wildman–Crippen LogP) is 4.79. The SMILES string of the molecule is Cc1ccc(Oc2cccc(Cl)c2Cl)c(C(=O)O)c1. The number of ether oxygens (including phenoxy) is 1. The minimum Gasteiger partial charge on any atom is -0.478 e. The van der Waals surface area contributed by atoms with Crippen LogP contribution in [0.25, 0.3) is 0 Å². The van der Waals surface area contributed by atoms with Crippen LogP contribution in [-0.2, 0) is 0 Å². The monoisotopic (exact) mass is 296 g/mol. The number of benzene rings is 2. The second-order valence-electron chi connectivity index (χ2n) is 3.96. The third-order valence-electron chi connectivity index (χ3n) is 2.50. The van der Waals surface area contributed by atoms with Crippen LogP contribution in [0.1, 0.15) is 15.9 Å². The molecule has 19 heavy (non-hydrogen) atoms. The summed E-state index contributed by atoms with van der Waals surface area (Å²) in [6.07, 6.45) is 0. The molecule has 0 fully saturated rings. The molecule has 0 unspecified atom stereocenters. The molecular weight excluding hydrogens is 287 g/mol. The normalized spacial score (nSPS) is 10.3. The van der Waals surface area contributed by atoms with Gasteiger partial charge in [-0.3, -0.25) is 0 Å². The van der Waals surface area contributed by atoms with Gasteiger partial charge in [-0.05, 0) is 31.2 Å². The zero-order valence-corrected chi connectivity index (χ0v) is 11.5. The third kappa shape index (κ3) is 3.00. The van der Waals surface area contributed by atoms with Gasteiger partial charge in [0.05, 0.1) is 5.02 Å². The van der Waals surface area contributed by atoms with Crippen molar-refractivity contribution in [3.8, 4) is 11.5 Å². The van der Waals surface area contributed by atoms with Gasteiger partial charge in [-0.2, -0.15) is 0 Å². The van der Waals surface area contributed by atoms with Gasteiger partial charge in [0.1, 0.15) is 22.1 Å². The largest absolute Gasteiger partial charge is 0.478 e. The number of carboxylic acids is 1. The molecule has 2 rings (SSSR count). The predicted molar refractivity (Wildman–Crippen MR) is 74.7 cm³/mol. The van der Waals surface area contributed by atoms with Crippen LogP contribution in [0, 0.1) is 6.92 Å². The molecule has 0 saturated heterocycles. The van der Waals surface area contributed by atoms with Crippen LogP contribution in [0.2, 0.25) is 10.0 Å². The van der Waals surface area contributed by atoms with Gasteiger partial charge in [-0.25, -0.2) is 4.79 Å². The molecule has 0 aromatic heterocycles. The highest BCUT2D eigenvalue weighted by atomic mass is 35.5. The van der Waals surface area contributed by atoms with Gasteiger partial charge in [0.2, 0.25) is 0 Å². The van der Waals surface area contributed by atoms with Crippen LogP contribution in [0.15, 0.2) is 36.4 Å². The van der Waals surface area contributed by atoms with Crippen molar-refractivity contribution in [2.24, 2.45) is 0 Å². The summed E-state index contributed by atoms with van der Waals surface area (Å²) in [4.78, 5) is 11.2. The zero-order valence-electron chi connectivity index (χ0n) is 9.98. The van der Waals surface area contributed by atoms with E-state index in [4.69, 9.17) is 33.0 Å². The Labute approximate surface area is 120 Å². The molecule has 0 bridgehead atoms. The number of carboxylic acid groups (broad SMARTS) is 1. The molecule has 0 aliphatic rings. The van der Waals surface area contributed by atoms with E-state index >= 15 is 0 Å². The number of rotatable bonds is 3. The van der Waals surface area contributed by atoms with Crippen LogP contribution in [0.4, 0.5) is 0 Å². The van der Waals surface area contributed by atoms with E-state index in [1.54, 1.807) is 30.3 Å². The maximum Gasteiger partial charge on any atom is 0.339 e. The highest BCUT2D eigenvalue weighted by Crippen LogP contribution is 2.35. The summed E-state index contributed by atoms with van der Waals surface area (Å²) in [6.45, 7) is 1.81. The fourth-order valence-corrected chi connectivity index (χ4v) is 1.91. The fraction of sp³-hybridized carbons (Fsp3) is 0.0714. The van der Waals surface area contributed by atoms with Crippen LogP contribution in [0.5, 0.6) is 11.5 Å². The van der Waals surface area contributed by atoms with Crippen molar-refractivity contribution >= 4 is 29.2 Å². The van der Waals surface area contributed by atoms with E-state index in [1.807, 2.05) is 6.92 Å². The molecule has 2 aromatic rings. The molecule has 2 aromatic carbocycles. The van der Waals surface area contributed by atoms with Crippen molar-refractivity contribution in [2.45, 2.75) is 6.92 Å². The number of aromatic carboxylic acids is 1.